The molecule has 1 aromatic carbocycles. The molecule has 0 spiro atoms. The lowest BCUT2D eigenvalue weighted by Crippen LogP contribution is -2.55. The fourth-order valence-electron chi connectivity index (χ4n) is 3.15. The summed E-state index contributed by atoms with van der Waals surface area (Å²) in [6.07, 6.45) is 0.691. The van der Waals surface area contributed by atoms with Gasteiger partial charge in [0.1, 0.15) is 6.61 Å². The molecule has 23 heavy (non-hydrogen) atoms. The first-order valence-electron chi connectivity index (χ1n) is 8.15. The normalized spacial score (nSPS) is 22.2. The monoisotopic (exact) mass is 317 g/mol. The molecule has 124 valence electrons. The summed E-state index contributed by atoms with van der Waals surface area (Å²) in [6, 6.07) is 9.73. The van der Waals surface area contributed by atoms with Crippen LogP contribution in [0, 0.1) is 0 Å². The van der Waals surface area contributed by atoms with Crippen LogP contribution in [0.25, 0.3) is 0 Å². The summed E-state index contributed by atoms with van der Waals surface area (Å²) in [6.45, 7) is 4.12. The number of hydrogen-bond donors (Lipinski definition) is 1. The Hall–Kier alpha value is -1.92. The van der Waals surface area contributed by atoms with Gasteiger partial charge in [0, 0.05) is 32.7 Å². The summed E-state index contributed by atoms with van der Waals surface area (Å²) in [5.41, 5.74) is 1.06. The average Bonchev–Trinajstić information content (AvgIpc) is 2.79. The van der Waals surface area contributed by atoms with Gasteiger partial charge in [-0.2, -0.15) is 0 Å². The number of carbonyl (C=O) groups is 2. The van der Waals surface area contributed by atoms with Crippen molar-refractivity contribution in [3.63, 3.8) is 0 Å². The highest BCUT2D eigenvalue weighted by molar-refractivity contribution is 5.83. The molecule has 2 heterocycles. The van der Waals surface area contributed by atoms with E-state index in [-0.39, 0.29) is 24.5 Å². The van der Waals surface area contributed by atoms with Crippen molar-refractivity contribution >= 4 is 11.8 Å². The second kappa shape index (κ2) is 7.57. The summed E-state index contributed by atoms with van der Waals surface area (Å²) < 4.78 is 5.53. The highest BCUT2D eigenvalue weighted by Gasteiger charge is 2.33. The summed E-state index contributed by atoms with van der Waals surface area (Å²) in [5.74, 6) is 0.0899. The van der Waals surface area contributed by atoms with E-state index in [9.17, 15) is 9.59 Å². The van der Waals surface area contributed by atoms with Crippen LogP contribution >= 0.6 is 0 Å². The zero-order valence-electron chi connectivity index (χ0n) is 13.2. The Morgan fingerprint density at radius 3 is 2.83 bits per heavy atom. The molecule has 1 unspecified atom stereocenters. The maximum atomic E-state index is 12.3. The zero-order valence-corrected chi connectivity index (χ0v) is 13.2. The van der Waals surface area contributed by atoms with Crippen molar-refractivity contribution < 1.29 is 14.3 Å². The van der Waals surface area contributed by atoms with Gasteiger partial charge in [-0.15, -0.1) is 0 Å². The van der Waals surface area contributed by atoms with E-state index in [1.807, 2.05) is 35.2 Å². The molecule has 2 aliphatic rings. The van der Waals surface area contributed by atoms with Crippen molar-refractivity contribution in [3.8, 4) is 0 Å². The van der Waals surface area contributed by atoms with Crippen LogP contribution in [0.15, 0.2) is 30.3 Å². The Kier molecular flexibility index (Phi) is 5.25. The predicted molar refractivity (Wildman–Crippen MR) is 85.7 cm³/mol. The SMILES string of the molecule is O=C1NCCN2CCN(C(=O)COCc3ccccc3)CCC12. The minimum atomic E-state index is -0.0909. The Morgan fingerprint density at radius 2 is 2.00 bits per heavy atom. The Balaban J connectivity index is 1.47. The van der Waals surface area contributed by atoms with Gasteiger partial charge in [-0.25, -0.2) is 0 Å². The molecule has 2 saturated heterocycles. The first kappa shape index (κ1) is 16.0. The van der Waals surface area contributed by atoms with Gasteiger partial charge in [-0.3, -0.25) is 14.5 Å². The van der Waals surface area contributed by atoms with Gasteiger partial charge >= 0.3 is 0 Å². The van der Waals surface area contributed by atoms with Gasteiger partial charge in [0.2, 0.25) is 11.8 Å². The van der Waals surface area contributed by atoms with Crippen LogP contribution in [0.1, 0.15) is 12.0 Å². The molecular formula is C17H23N3O3. The molecule has 0 bridgehead atoms. The number of nitrogens with one attached hydrogen (secondary N) is 1. The molecule has 0 aliphatic carbocycles. The lowest BCUT2D eigenvalue weighted by atomic mass is 10.1. The first-order chi connectivity index (χ1) is 11.2. The van der Waals surface area contributed by atoms with Crippen LogP contribution in [0.3, 0.4) is 0 Å². The summed E-state index contributed by atoms with van der Waals surface area (Å²) in [7, 11) is 0. The molecule has 2 aliphatic heterocycles. The molecule has 2 fully saturated rings. The molecule has 1 atom stereocenters. The van der Waals surface area contributed by atoms with Crippen LogP contribution in [-0.2, 0) is 20.9 Å². The van der Waals surface area contributed by atoms with Crippen LogP contribution in [0.5, 0.6) is 0 Å². The lowest BCUT2D eigenvalue weighted by Gasteiger charge is -2.32. The highest BCUT2D eigenvalue weighted by atomic mass is 16.5. The highest BCUT2D eigenvalue weighted by Crippen LogP contribution is 2.14. The molecule has 2 amide bonds. The number of benzene rings is 1. The van der Waals surface area contributed by atoms with Gasteiger partial charge in [-0.05, 0) is 12.0 Å². The van der Waals surface area contributed by atoms with Crippen molar-refractivity contribution in [1.82, 2.24) is 15.1 Å². The van der Waals surface area contributed by atoms with Crippen molar-refractivity contribution in [2.45, 2.75) is 19.1 Å². The smallest absolute Gasteiger partial charge is 0.248 e. The number of rotatable bonds is 4. The van der Waals surface area contributed by atoms with Gasteiger partial charge in [-0.1, -0.05) is 30.3 Å². The number of nitrogens with zero attached hydrogens (tertiary/aromatic N) is 2. The summed E-state index contributed by atoms with van der Waals surface area (Å²) >= 11 is 0. The molecule has 0 saturated carbocycles. The molecule has 3 rings (SSSR count). The maximum Gasteiger partial charge on any atom is 0.248 e. The number of fused-ring (bicyclic) bond motifs is 1. The van der Waals surface area contributed by atoms with Crippen LogP contribution in [0.4, 0.5) is 0 Å². The Morgan fingerprint density at radius 1 is 1.17 bits per heavy atom. The first-order valence-corrected chi connectivity index (χ1v) is 8.15. The predicted octanol–water partition coefficient (Wildman–Crippen LogP) is 0.236. The quantitative estimate of drug-likeness (QED) is 0.864. The van der Waals surface area contributed by atoms with Gasteiger partial charge < -0.3 is 15.0 Å². The third-order valence-corrected chi connectivity index (χ3v) is 4.46. The van der Waals surface area contributed by atoms with E-state index >= 15 is 0 Å². The topological polar surface area (TPSA) is 61.9 Å². The lowest BCUT2D eigenvalue weighted by molar-refractivity contribution is -0.136. The van der Waals surface area contributed by atoms with Crippen molar-refractivity contribution in [2.24, 2.45) is 0 Å². The van der Waals surface area contributed by atoms with Crippen molar-refractivity contribution in [2.75, 3.05) is 39.3 Å². The molecule has 0 radical (unpaired) electrons. The second-order valence-corrected chi connectivity index (χ2v) is 5.99. The second-order valence-electron chi connectivity index (χ2n) is 5.99. The Bertz CT molecular complexity index is 549. The summed E-state index contributed by atoms with van der Waals surface area (Å²) in [5, 5.41) is 2.90. The van der Waals surface area contributed by atoms with Gasteiger partial charge in [0.25, 0.3) is 0 Å². The standard InChI is InChI=1S/C17H23N3O3/c21-16(13-23-12-14-4-2-1-3-5-14)20-8-6-15-17(22)18-7-9-19(15)10-11-20/h1-5,15H,6-13H2,(H,18,22). The van der Waals surface area contributed by atoms with E-state index in [1.165, 1.54) is 0 Å². The van der Waals surface area contributed by atoms with Crippen molar-refractivity contribution in [1.29, 1.82) is 0 Å². The molecular weight excluding hydrogens is 294 g/mol. The fourth-order valence-corrected chi connectivity index (χ4v) is 3.15. The van der Waals surface area contributed by atoms with E-state index in [1.54, 1.807) is 0 Å². The number of ether oxygens (including phenoxy) is 1. The summed E-state index contributed by atoms with van der Waals surface area (Å²) in [4.78, 5) is 28.2. The maximum absolute atomic E-state index is 12.3. The van der Waals surface area contributed by atoms with E-state index in [0.717, 1.165) is 18.7 Å². The van der Waals surface area contributed by atoms with E-state index < -0.39 is 0 Å². The molecule has 6 nitrogen and oxygen atoms in total. The van der Waals surface area contributed by atoms with E-state index in [4.69, 9.17) is 4.74 Å². The largest absolute Gasteiger partial charge is 0.367 e. The zero-order chi connectivity index (χ0) is 16.1. The van der Waals surface area contributed by atoms with E-state index in [2.05, 4.69) is 10.2 Å². The van der Waals surface area contributed by atoms with Crippen LogP contribution in [-0.4, -0.2) is 67.0 Å². The molecule has 0 aromatic heterocycles. The number of piperazine rings is 1. The number of hydrogen-bond acceptors (Lipinski definition) is 4. The molecule has 6 heteroatoms. The minimum absolute atomic E-state index is 0.00110. The van der Waals surface area contributed by atoms with Crippen LogP contribution in [0.2, 0.25) is 0 Å². The third-order valence-electron chi connectivity index (χ3n) is 4.46. The molecule has 1 N–H and O–H groups in total. The fraction of sp³-hybridized carbons (Fsp3) is 0.529. The van der Waals surface area contributed by atoms with Gasteiger partial charge in [0.15, 0.2) is 0 Å². The van der Waals surface area contributed by atoms with Crippen LogP contribution < -0.4 is 5.32 Å². The molecule has 1 aromatic rings. The van der Waals surface area contributed by atoms with Gasteiger partial charge in [0.05, 0.1) is 12.6 Å². The number of carbonyl (C=O) groups excluding carboxylic acids is 2. The Labute approximate surface area is 136 Å². The minimum Gasteiger partial charge on any atom is -0.367 e. The third kappa shape index (κ3) is 4.09. The van der Waals surface area contributed by atoms with Crippen molar-refractivity contribution in [3.05, 3.63) is 35.9 Å². The number of amides is 2. The van der Waals surface area contributed by atoms with E-state index in [0.29, 0.717) is 32.7 Å². The average molecular weight is 317 g/mol.